The molecular formula is C19H18Cl2N2O4. The molecule has 1 atom stereocenters. The summed E-state index contributed by atoms with van der Waals surface area (Å²) in [4.78, 5) is 36.1. The van der Waals surface area contributed by atoms with Gasteiger partial charge in [0.15, 0.2) is 0 Å². The Balaban J connectivity index is 1.97. The average Bonchev–Trinajstić information content (AvgIpc) is 2.67. The predicted molar refractivity (Wildman–Crippen MR) is 103 cm³/mol. The first kappa shape index (κ1) is 20.7. The molecule has 2 N–H and O–H groups in total. The summed E-state index contributed by atoms with van der Waals surface area (Å²) < 4.78 is 4.73. The summed E-state index contributed by atoms with van der Waals surface area (Å²) in [5.41, 5.74) is 1.06. The molecule has 0 heterocycles. The number of esters is 1. The largest absolute Gasteiger partial charge is 0.467 e. The molecule has 0 aliphatic carbocycles. The highest BCUT2D eigenvalue weighted by atomic mass is 35.5. The van der Waals surface area contributed by atoms with Gasteiger partial charge in [0.05, 0.1) is 13.7 Å². The number of halogens is 2. The average molecular weight is 409 g/mol. The molecule has 0 unspecified atom stereocenters. The van der Waals surface area contributed by atoms with Gasteiger partial charge in [0.2, 0.25) is 5.91 Å². The predicted octanol–water partition coefficient (Wildman–Crippen LogP) is 2.62. The summed E-state index contributed by atoms with van der Waals surface area (Å²) in [6, 6.07) is 12.4. The molecule has 2 aromatic carbocycles. The maximum Gasteiger partial charge on any atom is 0.328 e. The fourth-order valence-corrected chi connectivity index (χ4v) is 2.83. The first-order valence-electron chi connectivity index (χ1n) is 8.05. The number of amides is 2. The van der Waals surface area contributed by atoms with Crippen molar-refractivity contribution >= 4 is 41.0 Å². The van der Waals surface area contributed by atoms with Crippen molar-refractivity contribution in [2.75, 3.05) is 13.7 Å². The first-order chi connectivity index (χ1) is 12.9. The number of nitrogens with one attached hydrogen (secondary N) is 2. The highest BCUT2D eigenvalue weighted by molar-refractivity contribution is 6.35. The van der Waals surface area contributed by atoms with Gasteiger partial charge in [-0.05, 0) is 29.8 Å². The Hall–Kier alpha value is -2.57. The Morgan fingerprint density at radius 3 is 2.41 bits per heavy atom. The molecule has 27 heavy (non-hydrogen) atoms. The molecule has 142 valence electrons. The van der Waals surface area contributed by atoms with Gasteiger partial charge < -0.3 is 15.4 Å². The lowest BCUT2D eigenvalue weighted by molar-refractivity contribution is -0.144. The molecule has 0 aliphatic heterocycles. The van der Waals surface area contributed by atoms with Crippen LogP contribution in [-0.4, -0.2) is 37.5 Å². The van der Waals surface area contributed by atoms with Crippen molar-refractivity contribution in [1.82, 2.24) is 10.6 Å². The van der Waals surface area contributed by atoms with E-state index in [1.54, 1.807) is 48.5 Å². The van der Waals surface area contributed by atoms with Gasteiger partial charge in [0.1, 0.15) is 6.04 Å². The molecule has 0 bridgehead atoms. The molecule has 0 radical (unpaired) electrons. The zero-order valence-electron chi connectivity index (χ0n) is 14.5. The standard InChI is InChI=1S/C19H18Cl2N2O4/c1-27-19(26)16(9-13-7-8-14(20)10-15(13)21)23-17(24)11-22-18(25)12-5-3-2-4-6-12/h2-8,10,16H,9,11H2,1H3,(H,22,25)(H,23,24)/t16-/m1/s1. The van der Waals surface area contributed by atoms with Crippen LogP contribution in [0.1, 0.15) is 15.9 Å². The molecule has 2 aromatic rings. The number of benzene rings is 2. The number of carbonyl (C=O) groups excluding carboxylic acids is 3. The van der Waals surface area contributed by atoms with E-state index in [0.717, 1.165) is 0 Å². The second-order valence-electron chi connectivity index (χ2n) is 5.63. The summed E-state index contributed by atoms with van der Waals surface area (Å²) >= 11 is 12.0. The number of hydrogen-bond acceptors (Lipinski definition) is 4. The van der Waals surface area contributed by atoms with Gasteiger partial charge in [-0.2, -0.15) is 0 Å². The molecule has 8 heteroatoms. The van der Waals surface area contributed by atoms with E-state index in [1.165, 1.54) is 7.11 Å². The minimum absolute atomic E-state index is 0.126. The van der Waals surface area contributed by atoms with Crippen molar-refractivity contribution in [2.24, 2.45) is 0 Å². The van der Waals surface area contributed by atoms with Crippen LogP contribution in [0.2, 0.25) is 10.0 Å². The van der Waals surface area contributed by atoms with Crippen LogP contribution in [0.3, 0.4) is 0 Å². The van der Waals surface area contributed by atoms with E-state index >= 15 is 0 Å². The van der Waals surface area contributed by atoms with Gasteiger partial charge in [0, 0.05) is 22.0 Å². The summed E-state index contributed by atoms with van der Waals surface area (Å²) in [5, 5.41) is 5.88. The van der Waals surface area contributed by atoms with Gasteiger partial charge in [-0.25, -0.2) is 4.79 Å². The van der Waals surface area contributed by atoms with E-state index in [1.807, 2.05) is 0 Å². The number of ether oxygens (including phenoxy) is 1. The molecule has 0 aliphatic rings. The monoisotopic (exact) mass is 408 g/mol. The third kappa shape index (κ3) is 6.27. The highest BCUT2D eigenvalue weighted by Gasteiger charge is 2.23. The van der Waals surface area contributed by atoms with Crippen LogP contribution < -0.4 is 10.6 Å². The van der Waals surface area contributed by atoms with Crippen molar-refractivity contribution in [2.45, 2.75) is 12.5 Å². The minimum Gasteiger partial charge on any atom is -0.467 e. The van der Waals surface area contributed by atoms with E-state index in [0.29, 0.717) is 21.2 Å². The molecule has 0 fully saturated rings. The van der Waals surface area contributed by atoms with Crippen LogP contribution >= 0.6 is 23.2 Å². The van der Waals surface area contributed by atoms with Crippen LogP contribution in [0.15, 0.2) is 48.5 Å². The molecular weight excluding hydrogens is 391 g/mol. The molecule has 0 aromatic heterocycles. The zero-order chi connectivity index (χ0) is 19.8. The van der Waals surface area contributed by atoms with Crippen LogP contribution in [0, 0.1) is 0 Å². The number of rotatable bonds is 7. The first-order valence-corrected chi connectivity index (χ1v) is 8.80. The van der Waals surface area contributed by atoms with E-state index in [4.69, 9.17) is 27.9 Å². The zero-order valence-corrected chi connectivity index (χ0v) is 16.0. The van der Waals surface area contributed by atoms with Crippen LogP contribution in [0.5, 0.6) is 0 Å². The summed E-state index contributed by atoms with van der Waals surface area (Å²) in [6.45, 7) is -0.282. The molecule has 0 saturated carbocycles. The van der Waals surface area contributed by atoms with Crippen LogP contribution in [0.4, 0.5) is 0 Å². The maximum atomic E-state index is 12.2. The van der Waals surface area contributed by atoms with Gasteiger partial charge in [-0.1, -0.05) is 47.5 Å². The van der Waals surface area contributed by atoms with Gasteiger partial charge in [-0.3, -0.25) is 9.59 Å². The molecule has 0 spiro atoms. The van der Waals surface area contributed by atoms with E-state index in [-0.39, 0.29) is 18.9 Å². The third-order valence-corrected chi connectivity index (χ3v) is 4.29. The molecule has 6 nitrogen and oxygen atoms in total. The minimum atomic E-state index is -0.949. The SMILES string of the molecule is COC(=O)[C@@H](Cc1ccc(Cl)cc1Cl)NC(=O)CNC(=O)c1ccccc1. The third-order valence-electron chi connectivity index (χ3n) is 3.71. The lowest BCUT2D eigenvalue weighted by atomic mass is 10.1. The highest BCUT2D eigenvalue weighted by Crippen LogP contribution is 2.22. The van der Waals surface area contributed by atoms with Gasteiger partial charge in [-0.15, -0.1) is 0 Å². The number of hydrogen-bond donors (Lipinski definition) is 2. The fourth-order valence-electron chi connectivity index (χ4n) is 2.34. The number of methoxy groups -OCH3 is 1. The van der Waals surface area contributed by atoms with Crippen molar-refractivity contribution in [1.29, 1.82) is 0 Å². The Kier molecular flexibility index (Phi) is 7.64. The van der Waals surface area contributed by atoms with Crippen molar-refractivity contribution in [3.63, 3.8) is 0 Å². The second kappa shape index (κ2) is 9.94. The number of carbonyl (C=O) groups is 3. The Morgan fingerprint density at radius 2 is 1.78 bits per heavy atom. The smallest absolute Gasteiger partial charge is 0.328 e. The van der Waals surface area contributed by atoms with Crippen molar-refractivity contribution in [3.05, 3.63) is 69.7 Å². The topological polar surface area (TPSA) is 84.5 Å². The molecule has 2 amide bonds. The van der Waals surface area contributed by atoms with E-state index in [9.17, 15) is 14.4 Å². The Bertz CT molecular complexity index is 828. The molecule has 2 rings (SSSR count). The molecule has 0 saturated heterocycles. The maximum absolute atomic E-state index is 12.2. The summed E-state index contributed by atoms with van der Waals surface area (Å²) in [5.74, 6) is -1.54. The summed E-state index contributed by atoms with van der Waals surface area (Å²) in [6.07, 6.45) is 0.126. The van der Waals surface area contributed by atoms with Crippen LogP contribution in [0.25, 0.3) is 0 Å². The fraction of sp³-hybridized carbons (Fsp3) is 0.211. The van der Waals surface area contributed by atoms with Crippen molar-refractivity contribution in [3.8, 4) is 0 Å². The second-order valence-corrected chi connectivity index (χ2v) is 6.48. The Morgan fingerprint density at radius 1 is 1.07 bits per heavy atom. The van der Waals surface area contributed by atoms with Crippen LogP contribution in [-0.2, 0) is 20.7 Å². The normalized spacial score (nSPS) is 11.4. The Labute approximate surface area is 166 Å². The van der Waals surface area contributed by atoms with E-state index in [2.05, 4.69) is 10.6 Å². The lowest BCUT2D eigenvalue weighted by Gasteiger charge is -2.17. The summed E-state index contributed by atoms with van der Waals surface area (Å²) in [7, 11) is 1.22. The lowest BCUT2D eigenvalue weighted by Crippen LogP contribution is -2.47. The van der Waals surface area contributed by atoms with Gasteiger partial charge in [0.25, 0.3) is 5.91 Å². The van der Waals surface area contributed by atoms with Crippen molar-refractivity contribution < 1.29 is 19.1 Å². The van der Waals surface area contributed by atoms with Gasteiger partial charge >= 0.3 is 5.97 Å². The van der Waals surface area contributed by atoms with E-state index < -0.39 is 17.9 Å². The quantitative estimate of drug-likeness (QED) is 0.689.